The van der Waals surface area contributed by atoms with Crippen molar-refractivity contribution in [1.29, 1.82) is 0 Å². The number of phenols is 1. The van der Waals surface area contributed by atoms with Crippen LogP contribution in [0.2, 0.25) is 5.02 Å². The summed E-state index contributed by atoms with van der Waals surface area (Å²) >= 11 is 6.07. The molecule has 5 atom stereocenters. The van der Waals surface area contributed by atoms with Gasteiger partial charge >= 0.3 is 5.97 Å². The van der Waals surface area contributed by atoms with Crippen molar-refractivity contribution in [2.75, 3.05) is 13.6 Å². The zero-order chi connectivity index (χ0) is 29.4. The first-order valence-electron chi connectivity index (χ1n) is 13.4. The van der Waals surface area contributed by atoms with Crippen LogP contribution in [0.4, 0.5) is 0 Å². The Kier molecular flexibility index (Phi) is 11.8. The van der Waals surface area contributed by atoms with Crippen LogP contribution in [0.25, 0.3) is 0 Å². The van der Waals surface area contributed by atoms with E-state index >= 15 is 0 Å². The van der Waals surface area contributed by atoms with Gasteiger partial charge in [-0.1, -0.05) is 57.0 Å². The summed E-state index contributed by atoms with van der Waals surface area (Å²) in [7, 11) is 1.47. The first-order valence-corrected chi connectivity index (χ1v) is 13.8. The van der Waals surface area contributed by atoms with Gasteiger partial charge in [-0.2, -0.15) is 0 Å². The summed E-state index contributed by atoms with van der Waals surface area (Å²) in [5, 5.41) is 15.4. The van der Waals surface area contributed by atoms with Crippen LogP contribution >= 0.6 is 11.6 Å². The molecule has 0 radical (unpaired) electrons. The highest BCUT2D eigenvalue weighted by atomic mass is 35.5. The molecule has 1 aliphatic rings. The highest BCUT2D eigenvalue weighted by molar-refractivity contribution is 6.32. The molecule has 1 heterocycles. The van der Waals surface area contributed by atoms with E-state index in [0.29, 0.717) is 18.4 Å². The SMILES string of the molecule is CC1=CC(C)CC(C)OC(=O)C(C(C)C)NC(=O)C(Cc2ccc(O)c(Cl)c2)N(C)C(=O)CNC(=O)C(C)C1. The molecule has 0 saturated heterocycles. The molecule has 0 spiro atoms. The highest BCUT2D eigenvalue weighted by Crippen LogP contribution is 2.25. The molecule has 1 aliphatic heterocycles. The number of benzene rings is 1. The molecular formula is C29H42ClN3O6. The van der Waals surface area contributed by atoms with Crippen molar-refractivity contribution in [3.63, 3.8) is 0 Å². The number of nitrogens with one attached hydrogen (secondary N) is 2. The van der Waals surface area contributed by atoms with Gasteiger partial charge in [0.2, 0.25) is 17.7 Å². The zero-order valence-electron chi connectivity index (χ0n) is 23.9. The minimum atomic E-state index is -1.03. The van der Waals surface area contributed by atoms with Crippen LogP contribution in [0.1, 0.15) is 59.9 Å². The van der Waals surface area contributed by atoms with E-state index in [4.69, 9.17) is 16.3 Å². The van der Waals surface area contributed by atoms with Crippen molar-refractivity contribution in [2.24, 2.45) is 17.8 Å². The maximum atomic E-state index is 13.6. The van der Waals surface area contributed by atoms with Crippen LogP contribution in [-0.2, 0) is 30.3 Å². The molecule has 0 fully saturated rings. The molecule has 0 aliphatic carbocycles. The quantitative estimate of drug-likeness (QED) is 0.381. The predicted molar refractivity (Wildman–Crippen MR) is 150 cm³/mol. The average molecular weight is 564 g/mol. The van der Waals surface area contributed by atoms with Gasteiger partial charge in [-0.05, 0) is 56.2 Å². The third-order valence-corrected chi connectivity index (χ3v) is 7.21. The number of hydrogen-bond donors (Lipinski definition) is 3. The topological polar surface area (TPSA) is 125 Å². The molecular weight excluding hydrogens is 522 g/mol. The van der Waals surface area contributed by atoms with Crippen molar-refractivity contribution < 1.29 is 29.0 Å². The van der Waals surface area contributed by atoms with Crippen LogP contribution in [0.5, 0.6) is 5.75 Å². The second kappa shape index (κ2) is 14.4. The van der Waals surface area contributed by atoms with Crippen molar-refractivity contribution in [3.8, 4) is 5.75 Å². The van der Waals surface area contributed by atoms with E-state index in [-0.39, 0.29) is 47.4 Å². The van der Waals surface area contributed by atoms with Crippen molar-refractivity contribution >= 4 is 35.3 Å². The Bertz CT molecular complexity index is 1090. The minimum absolute atomic E-state index is 0.0657. The van der Waals surface area contributed by atoms with E-state index in [0.717, 1.165) is 5.57 Å². The summed E-state index contributed by atoms with van der Waals surface area (Å²) in [5.74, 6) is -2.45. The molecule has 2 rings (SSSR count). The molecule has 1 aromatic rings. The lowest BCUT2D eigenvalue weighted by Crippen LogP contribution is -2.56. The van der Waals surface area contributed by atoms with Crippen molar-refractivity contribution in [3.05, 3.63) is 40.4 Å². The summed E-state index contributed by atoms with van der Waals surface area (Å²) in [6.45, 7) is 10.9. The molecule has 0 bridgehead atoms. The average Bonchev–Trinajstić information content (AvgIpc) is 2.84. The Labute approximate surface area is 236 Å². The van der Waals surface area contributed by atoms with E-state index < -0.39 is 36.0 Å². The molecule has 3 N–H and O–H groups in total. The molecule has 3 amide bonds. The summed E-state index contributed by atoms with van der Waals surface area (Å²) in [6, 6.07) is 2.58. The Morgan fingerprint density at radius 2 is 1.79 bits per heavy atom. The van der Waals surface area contributed by atoms with Gasteiger partial charge in [0, 0.05) is 19.4 Å². The Hall–Kier alpha value is -3.07. The van der Waals surface area contributed by atoms with Gasteiger partial charge in [0.15, 0.2) is 0 Å². The molecule has 9 nitrogen and oxygen atoms in total. The normalized spacial score (nSPS) is 26.7. The van der Waals surface area contributed by atoms with Gasteiger partial charge in [-0.3, -0.25) is 14.4 Å². The third kappa shape index (κ3) is 9.56. The number of cyclic esters (lactones) is 1. The maximum Gasteiger partial charge on any atom is 0.329 e. The van der Waals surface area contributed by atoms with E-state index in [9.17, 15) is 24.3 Å². The van der Waals surface area contributed by atoms with Gasteiger partial charge in [0.25, 0.3) is 0 Å². The summed E-state index contributed by atoms with van der Waals surface area (Å²) in [4.78, 5) is 53.8. The van der Waals surface area contributed by atoms with Crippen LogP contribution in [0.3, 0.4) is 0 Å². The number of amides is 3. The molecule has 1 aromatic carbocycles. The summed E-state index contributed by atoms with van der Waals surface area (Å²) < 4.78 is 5.72. The fourth-order valence-electron chi connectivity index (χ4n) is 4.73. The number of ether oxygens (including phenoxy) is 1. The number of carbonyl (C=O) groups excluding carboxylic acids is 4. The maximum absolute atomic E-state index is 13.6. The molecule has 39 heavy (non-hydrogen) atoms. The molecule has 0 saturated carbocycles. The minimum Gasteiger partial charge on any atom is -0.506 e. The van der Waals surface area contributed by atoms with Crippen LogP contribution < -0.4 is 10.6 Å². The standard InChI is InChI=1S/C29H42ClN3O6/c1-16(2)26-29(38)39-20(6)12-18(4)10-17(3)11-19(5)27(36)31-15-25(35)33(7)23(28(37)32-26)14-21-8-9-24(34)22(30)13-21/h8-10,13,16,18-20,23,26,34H,11-12,14-15H2,1-7H3,(H,31,36)(H,32,37). The second-order valence-corrected chi connectivity index (χ2v) is 11.4. The second-order valence-electron chi connectivity index (χ2n) is 11.0. The number of rotatable bonds is 3. The number of halogens is 1. The zero-order valence-corrected chi connectivity index (χ0v) is 24.7. The number of nitrogens with zero attached hydrogens (tertiary/aromatic N) is 1. The fourth-order valence-corrected chi connectivity index (χ4v) is 4.93. The Balaban J connectivity index is 2.43. The number of phenolic OH excluding ortho intramolecular Hbond substituents is 1. The smallest absolute Gasteiger partial charge is 0.329 e. The van der Waals surface area contributed by atoms with Gasteiger partial charge in [-0.15, -0.1) is 0 Å². The largest absolute Gasteiger partial charge is 0.506 e. The number of allylic oxidation sites excluding steroid dienone is 2. The monoisotopic (exact) mass is 563 g/mol. The molecule has 0 aromatic heterocycles. The van der Waals surface area contributed by atoms with Crippen molar-refractivity contribution in [2.45, 2.75) is 79.0 Å². The van der Waals surface area contributed by atoms with Gasteiger partial charge in [0.1, 0.15) is 17.8 Å². The first-order chi connectivity index (χ1) is 18.2. The fraction of sp³-hybridized carbons (Fsp3) is 0.586. The van der Waals surface area contributed by atoms with Gasteiger partial charge < -0.3 is 25.4 Å². The van der Waals surface area contributed by atoms with Crippen LogP contribution in [0.15, 0.2) is 29.8 Å². The molecule has 10 heteroatoms. The Morgan fingerprint density at radius 3 is 2.41 bits per heavy atom. The van der Waals surface area contributed by atoms with E-state index in [1.165, 1.54) is 24.1 Å². The van der Waals surface area contributed by atoms with Crippen molar-refractivity contribution in [1.82, 2.24) is 15.5 Å². The predicted octanol–water partition coefficient (Wildman–Crippen LogP) is 3.62. The van der Waals surface area contributed by atoms with Crippen LogP contribution in [0, 0.1) is 17.8 Å². The lowest BCUT2D eigenvalue weighted by Gasteiger charge is -2.31. The first kappa shape index (κ1) is 32.1. The number of likely N-dealkylation sites (N-methyl/N-ethyl adjacent to an activating group) is 1. The summed E-state index contributed by atoms with van der Waals surface area (Å²) in [6.07, 6.45) is 2.85. The number of carbonyl (C=O) groups is 4. The van der Waals surface area contributed by atoms with Gasteiger partial charge in [-0.25, -0.2) is 4.79 Å². The lowest BCUT2D eigenvalue weighted by atomic mass is 9.95. The molecule has 5 unspecified atom stereocenters. The van der Waals surface area contributed by atoms with E-state index in [1.54, 1.807) is 26.8 Å². The van der Waals surface area contributed by atoms with Gasteiger partial charge in [0.05, 0.1) is 17.7 Å². The number of hydrogen-bond acceptors (Lipinski definition) is 6. The number of esters is 1. The van der Waals surface area contributed by atoms with Crippen LogP contribution in [-0.4, -0.2) is 65.5 Å². The lowest BCUT2D eigenvalue weighted by molar-refractivity contribution is -0.154. The number of aromatic hydroxyl groups is 1. The van der Waals surface area contributed by atoms with E-state index in [2.05, 4.69) is 16.7 Å². The highest BCUT2D eigenvalue weighted by Gasteiger charge is 2.33. The Morgan fingerprint density at radius 1 is 1.13 bits per heavy atom. The summed E-state index contributed by atoms with van der Waals surface area (Å²) in [5.41, 5.74) is 1.64. The van der Waals surface area contributed by atoms with E-state index in [1.807, 2.05) is 20.8 Å². The molecule has 216 valence electrons. The third-order valence-electron chi connectivity index (χ3n) is 6.90.